The fraction of sp³-hybridized carbons (Fsp3) is 0.857. The zero-order valence-electron chi connectivity index (χ0n) is 5.28. The molecule has 0 heterocycles. The Hall–Kier alpha value is 0.480. The summed E-state index contributed by atoms with van der Waals surface area (Å²) in [4.78, 5) is 0.733. The molecule has 1 rings (SSSR count). The zero-order valence-corrected chi connectivity index (χ0v) is 6.87. The van der Waals surface area contributed by atoms with Gasteiger partial charge in [-0.15, -0.1) is 0 Å². The molecular formula is C7H12Br. The molecule has 8 heavy (non-hydrogen) atoms. The summed E-state index contributed by atoms with van der Waals surface area (Å²) in [6, 6.07) is 0. The summed E-state index contributed by atoms with van der Waals surface area (Å²) >= 11 is 3.62. The summed E-state index contributed by atoms with van der Waals surface area (Å²) in [5.41, 5.74) is 0. The van der Waals surface area contributed by atoms with Crippen molar-refractivity contribution in [2.45, 2.75) is 37.4 Å². The predicted octanol–water partition coefficient (Wildman–Crippen LogP) is 2.92. The molecule has 47 valence electrons. The van der Waals surface area contributed by atoms with E-state index in [2.05, 4.69) is 22.9 Å². The number of hydrogen-bond donors (Lipinski definition) is 0. The molecule has 0 N–H and O–H groups in total. The Morgan fingerprint density at radius 2 is 2.25 bits per heavy atom. The van der Waals surface area contributed by atoms with Gasteiger partial charge in [0.2, 0.25) is 0 Å². The van der Waals surface area contributed by atoms with E-state index in [-0.39, 0.29) is 0 Å². The lowest BCUT2D eigenvalue weighted by molar-refractivity contribution is 0.555. The Morgan fingerprint density at radius 1 is 1.50 bits per heavy atom. The van der Waals surface area contributed by atoms with Gasteiger partial charge in [-0.25, -0.2) is 0 Å². The highest BCUT2D eigenvalue weighted by atomic mass is 79.9. The molecule has 1 aliphatic carbocycles. The van der Waals surface area contributed by atoms with Gasteiger partial charge in [-0.2, -0.15) is 0 Å². The van der Waals surface area contributed by atoms with E-state index in [0.29, 0.717) is 0 Å². The van der Waals surface area contributed by atoms with Crippen molar-refractivity contribution in [3.05, 3.63) is 5.92 Å². The third-order valence-electron chi connectivity index (χ3n) is 1.81. The van der Waals surface area contributed by atoms with Gasteiger partial charge in [0, 0.05) is 4.83 Å². The molecule has 0 aliphatic heterocycles. The second kappa shape index (κ2) is 2.86. The third-order valence-corrected chi connectivity index (χ3v) is 3.05. The van der Waals surface area contributed by atoms with Crippen molar-refractivity contribution in [1.29, 1.82) is 0 Å². The van der Waals surface area contributed by atoms with Crippen LogP contribution in [0.5, 0.6) is 0 Å². The van der Waals surface area contributed by atoms with E-state index in [1.165, 1.54) is 25.7 Å². The predicted molar refractivity (Wildman–Crippen MR) is 40.1 cm³/mol. The van der Waals surface area contributed by atoms with Gasteiger partial charge in [-0.3, -0.25) is 0 Å². The molecular weight excluding hydrogens is 164 g/mol. The highest BCUT2D eigenvalue weighted by Gasteiger charge is 2.17. The summed E-state index contributed by atoms with van der Waals surface area (Å²) in [6.07, 6.45) is 5.52. The van der Waals surface area contributed by atoms with Crippen molar-refractivity contribution in [3.8, 4) is 0 Å². The van der Waals surface area contributed by atoms with Crippen molar-refractivity contribution >= 4 is 15.9 Å². The Bertz CT molecular complexity index is 60.8. The summed E-state index contributed by atoms with van der Waals surface area (Å²) in [5, 5.41) is 0. The second-order valence-electron chi connectivity index (χ2n) is 2.56. The lowest BCUT2D eigenvalue weighted by Gasteiger charge is -2.22. The van der Waals surface area contributed by atoms with E-state index < -0.39 is 0 Å². The SMILES string of the molecule is C[C]1CCCCC1Br. The second-order valence-corrected chi connectivity index (χ2v) is 3.66. The van der Waals surface area contributed by atoms with Crippen LogP contribution in [0, 0.1) is 5.92 Å². The number of rotatable bonds is 0. The maximum Gasteiger partial charge on any atom is 0.0205 e. The van der Waals surface area contributed by atoms with Crippen molar-refractivity contribution in [1.82, 2.24) is 0 Å². The van der Waals surface area contributed by atoms with Crippen molar-refractivity contribution in [2.24, 2.45) is 0 Å². The molecule has 0 saturated heterocycles. The summed E-state index contributed by atoms with van der Waals surface area (Å²) in [5.74, 6) is 1.64. The van der Waals surface area contributed by atoms with E-state index in [0.717, 1.165) is 4.83 Å². The van der Waals surface area contributed by atoms with E-state index in [9.17, 15) is 0 Å². The van der Waals surface area contributed by atoms with Gasteiger partial charge in [-0.1, -0.05) is 35.7 Å². The van der Waals surface area contributed by atoms with Gasteiger partial charge in [0.1, 0.15) is 0 Å². The van der Waals surface area contributed by atoms with Crippen LogP contribution < -0.4 is 0 Å². The Kier molecular flexibility index (Phi) is 2.36. The largest absolute Gasteiger partial charge is 0.0885 e. The van der Waals surface area contributed by atoms with Crippen molar-refractivity contribution in [3.63, 3.8) is 0 Å². The standard InChI is InChI=1S/C7H12Br/c1-6-4-2-3-5-7(6)8/h7H,2-5H2,1H3. The van der Waals surface area contributed by atoms with E-state index in [1.807, 2.05) is 0 Å². The quantitative estimate of drug-likeness (QED) is 0.498. The van der Waals surface area contributed by atoms with E-state index >= 15 is 0 Å². The van der Waals surface area contributed by atoms with Crippen LogP contribution in [-0.2, 0) is 0 Å². The monoisotopic (exact) mass is 175 g/mol. The van der Waals surface area contributed by atoms with Crippen LogP contribution in [0.1, 0.15) is 32.6 Å². The van der Waals surface area contributed by atoms with Gasteiger partial charge in [0.25, 0.3) is 0 Å². The number of hydrogen-bond acceptors (Lipinski definition) is 0. The first-order valence-corrected chi connectivity index (χ1v) is 4.18. The lowest BCUT2D eigenvalue weighted by atomic mass is 9.91. The van der Waals surface area contributed by atoms with Crippen molar-refractivity contribution < 1.29 is 0 Å². The van der Waals surface area contributed by atoms with Crippen LogP contribution in [0.2, 0.25) is 0 Å². The molecule has 0 bridgehead atoms. The maximum atomic E-state index is 3.62. The van der Waals surface area contributed by atoms with E-state index in [1.54, 1.807) is 5.92 Å². The van der Waals surface area contributed by atoms with Gasteiger partial charge in [0.05, 0.1) is 0 Å². The molecule has 0 amide bonds. The highest BCUT2D eigenvalue weighted by Crippen LogP contribution is 2.30. The fourth-order valence-electron chi connectivity index (χ4n) is 1.13. The van der Waals surface area contributed by atoms with Crippen LogP contribution in [0.25, 0.3) is 0 Å². The summed E-state index contributed by atoms with van der Waals surface area (Å²) in [7, 11) is 0. The van der Waals surface area contributed by atoms with Crippen LogP contribution in [0.15, 0.2) is 0 Å². The van der Waals surface area contributed by atoms with Crippen LogP contribution in [0.3, 0.4) is 0 Å². The highest BCUT2D eigenvalue weighted by molar-refractivity contribution is 9.09. The molecule has 0 aromatic heterocycles. The minimum Gasteiger partial charge on any atom is -0.0885 e. The molecule has 0 aromatic carbocycles. The zero-order chi connectivity index (χ0) is 5.98. The Balaban J connectivity index is 2.28. The topological polar surface area (TPSA) is 0 Å². The van der Waals surface area contributed by atoms with Gasteiger partial charge < -0.3 is 0 Å². The minimum atomic E-state index is 0.733. The van der Waals surface area contributed by atoms with Crippen LogP contribution in [0.4, 0.5) is 0 Å². The number of alkyl halides is 1. The van der Waals surface area contributed by atoms with Gasteiger partial charge in [-0.05, 0) is 18.8 Å². The number of halogens is 1. The molecule has 1 atom stereocenters. The average Bonchev–Trinajstić information content (AvgIpc) is 1.77. The molecule has 1 heteroatoms. The average molecular weight is 176 g/mol. The molecule has 1 radical (unpaired) electrons. The normalized spacial score (nSPS) is 33.0. The molecule has 1 fully saturated rings. The third kappa shape index (κ3) is 1.48. The molecule has 0 aromatic rings. The molecule has 0 spiro atoms. The fourth-order valence-corrected chi connectivity index (χ4v) is 1.68. The molecule has 1 unspecified atom stereocenters. The molecule has 1 saturated carbocycles. The first-order chi connectivity index (χ1) is 3.80. The lowest BCUT2D eigenvalue weighted by Crippen LogP contribution is -2.13. The first kappa shape index (κ1) is 6.60. The van der Waals surface area contributed by atoms with Crippen LogP contribution in [-0.4, -0.2) is 4.83 Å². The molecule has 1 aliphatic rings. The summed E-state index contributed by atoms with van der Waals surface area (Å²) in [6.45, 7) is 2.25. The summed E-state index contributed by atoms with van der Waals surface area (Å²) < 4.78 is 0. The molecule has 0 nitrogen and oxygen atoms in total. The Morgan fingerprint density at radius 3 is 2.62 bits per heavy atom. The smallest absolute Gasteiger partial charge is 0.0205 e. The van der Waals surface area contributed by atoms with Crippen LogP contribution >= 0.6 is 15.9 Å². The van der Waals surface area contributed by atoms with Gasteiger partial charge >= 0.3 is 0 Å². The first-order valence-electron chi connectivity index (χ1n) is 3.27. The minimum absolute atomic E-state index is 0.733. The van der Waals surface area contributed by atoms with E-state index in [4.69, 9.17) is 0 Å². The van der Waals surface area contributed by atoms with Gasteiger partial charge in [0.15, 0.2) is 0 Å². The Labute approximate surface area is 59.8 Å². The van der Waals surface area contributed by atoms with Crippen molar-refractivity contribution in [2.75, 3.05) is 0 Å². The maximum absolute atomic E-state index is 3.62.